The maximum atomic E-state index is 13.6. The van der Waals surface area contributed by atoms with Crippen LogP contribution in [0, 0.1) is 6.92 Å². The number of ether oxygens (including phenoxy) is 6. The van der Waals surface area contributed by atoms with E-state index in [1.807, 2.05) is 31.2 Å². The Bertz CT molecular complexity index is 1280. The van der Waals surface area contributed by atoms with E-state index in [-0.39, 0.29) is 12.6 Å². The average molecular weight is 496 g/mol. The van der Waals surface area contributed by atoms with E-state index in [2.05, 4.69) is 11.5 Å². The van der Waals surface area contributed by atoms with Gasteiger partial charge in [0.2, 0.25) is 5.75 Å². The van der Waals surface area contributed by atoms with Gasteiger partial charge < -0.3 is 33.0 Å². The summed E-state index contributed by atoms with van der Waals surface area (Å²) in [5, 5.41) is 0. The molecule has 0 amide bonds. The van der Waals surface area contributed by atoms with Crippen molar-refractivity contribution < 1.29 is 33.2 Å². The lowest BCUT2D eigenvalue weighted by atomic mass is 9.91. The molecule has 36 heavy (non-hydrogen) atoms. The molecule has 0 bridgehead atoms. The van der Waals surface area contributed by atoms with Gasteiger partial charge in [0.25, 0.3) is 0 Å². The fourth-order valence-corrected chi connectivity index (χ4v) is 5.22. The second-order valence-corrected chi connectivity index (χ2v) is 8.61. The first-order valence-corrected chi connectivity index (χ1v) is 11.8. The third kappa shape index (κ3) is 3.90. The fourth-order valence-electron chi connectivity index (χ4n) is 5.22. The number of hydrogen-bond donors (Lipinski definition) is 0. The van der Waals surface area contributed by atoms with E-state index in [1.54, 1.807) is 42.5 Å². The summed E-state index contributed by atoms with van der Waals surface area (Å²) in [5.41, 5.74) is 5.74. The maximum absolute atomic E-state index is 13.6. The highest BCUT2D eigenvalue weighted by atomic mass is 16.5. The van der Waals surface area contributed by atoms with Crippen molar-refractivity contribution in [2.75, 3.05) is 42.2 Å². The molecular weight excluding hydrogens is 462 g/mol. The van der Waals surface area contributed by atoms with Crippen LogP contribution in [0.15, 0.2) is 24.3 Å². The molecular formula is C28H33NO7. The van der Waals surface area contributed by atoms with E-state index in [0.717, 1.165) is 40.1 Å². The molecule has 0 fully saturated rings. The van der Waals surface area contributed by atoms with Gasteiger partial charge in [0.15, 0.2) is 23.0 Å². The Balaban J connectivity index is 2.10. The highest BCUT2D eigenvalue weighted by Gasteiger charge is 2.35. The fraction of sp³-hybridized carbons (Fsp3) is 0.393. The summed E-state index contributed by atoms with van der Waals surface area (Å²) in [5.74, 6) is 2.35. The van der Waals surface area contributed by atoms with Crippen molar-refractivity contribution in [1.82, 2.24) is 4.57 Å². The molecule has 3 aromatic rings. The van der Waals surface area contributed by atoms with Crippen LogP contribution in [0.4, 0.5) is 0 Å². The zero-order valence-electron chi connectivity index (χ0n) is 22.1. The van der Waals surface area contributed by atoms with E-state index < -0.39 is 5.97 Å². The highest BCUT2D eigenvalue weighted by molar-refractivity contribution is 6.06. The topological polar surface area (TPSA) is 77.4 Å². The van der Waals surface area contributed by atoms with E-state index in [1.165, 1.54) is 0 Å². The molecule has 2 aromatic carbocycles. The number of aromatic nitrogens is 1. The van der Waals surface area contributed by atoms with Crippen LogP contribution < -0.4 is 23.7 Å². The second kappa shape index (κ2) is 10.0. The van der Waals surface area contributed by atoms with Gasteiger partial charge in [-0.1, -0.05) is 0 Å². The van der Waals surface area contributed by atoms with Crippen LogP contribution in [0.1, 0.15) is 41.5 Å². The van der Waals surface area contributed by atoms with Gasteiger partial charge in [0.1, 0.15) is 0 Å². The molecule has 2 heterocycles. The third-order valence-electron chi connectivity index (χ3n) is 6.70. The lowest BCUT2D eigenvalue weighted by Crippen LogP contribution is -2.18. The predicted molar refractivity (Wildman–Crippen MR) is 137 cm³/mol. The number of methoxy groups -OCH3 is 5. The number of hydrogen-bond acceptors (Lipinski definition) is 7. The smallest absolute Gasteiger partial charge is 0.340 e. The molecule has 0 N–H and O–H groups in total. The predicted octanol–water partition coefficient (Wildman–Crippen LogP) is 5.47. The minimum Gasteiger partial charge on any atom is -0.493 e. The van der Waals surface area contributed by atoms with Crippen molar-refractivity contribution in [1.29, 1.82) is 0 Å². The Kier molecular flexibility index (Phi) is 7.06. The molecule has 0 saturated heterocycles. The van der Waals surface area contributed by atoms with Gasteiger partial charge >= 0.3 is 5.97 Å². The van der Waals surface area contributed by atoms with Crippen molar-refractivity contribution in [3.63, 3.8) is 0 Å². The van der Waals surface area contributed by atoms with E-state index >= 15 is 0 Å². The molecule has 1 unspecified atom stereocenters. The Morgan fingerprint density at radius 2 is 1.47 bits per heavy atom. The summed E-state index contributed by atoms with van der Waals surface area (Å²) in [6.45, 7) is 6.22. The van der Waals surface area contributed by atoms with Gasteiger partial charge in [0, 0.05) is 22.9 Å². The third-order valence-corrected chi connectivity index (χ3v) is 6.70. The summed E-state index contributed by atoms with van der Waals surface area (Å²) in [4.78, 5) is 13.6. The van der Waals surface area contributed by atoms with Gasteiger partial charge in [-0.25, -0.2) is 4.79 Å². The number of esters is 1. The van der Waals surface area contributed by atoms with Crippen molar-refractivity contribution in [3.05, 3.63) is 41.1 Å². The molecule has 0 radical (unpaired) electrons. The SMILES string of the molecule is CCOC(=O)c1c(-c2cc(OC)c(OC)c(OC)c2)c(C)n2c1-c1cc(OC)c(OC)cc1CC2C. The molecule has 4 rings (SSSR count). The lowest BCUT2D eigenvalue weighted by Gasteiger charge is -2.28. The van der Waals surface area contributed by atoms with Crippen LogP contribution >= 0.6 is 0 Å². The minimum atomic E-state index is -0.395. The largest absolute Gasteiger partial charge is 0.493 e. The number of benzene rings is 2. The lowest BCUT2D eigenvalue weighted by molar-refractivity contribution is 0.0528. The van der Waals surface area contributed by atoms with Gasteiger partial charge in [0.05, 0.1) is 53.4 Å². The summed E-state index contributed by atoms with van der Waals surface area (Å²) in [6.07, 6.45) is 0.773. The maximum Gasteiger partial charge on any atom is 0.340 e. The van der Waals surface area contributed by atoms with Crippen LogP contribution in [-0.4, -0.2) is 52.7 Å². The number of carbonyl (C=O) groups excluding carboxylic acids is 1. The first-order chi connectivity index (χ1) is 17.3. The first-order valence-electron chi connectivity index (χ1n) is 11.8. The number of nitrogens with zero attached hydrogens (tertiary/aromatic N) is 1. The van der Waals surface area contributed by atoms with Crippen LogP contribution in [0.5, 0.6) is 28.7 Å². The first kappa shape index (κ1) is 25.3. The molecule has 0 spiro atoms. The highest BCUT2D eigenvalue weighted by Crippen LogP contribution is 2.50. The Morgan fingerprint density at radius 3 is 2.00 bits per heavy atom. The Labute approximate surface area is 211 Å². The Hall–Kier alpha value is -3.81. The van der Waals surface area contributed by atoms with Gasteiger partial charge in [-0.05, 0) is 62.6 Å². The molecule has 1 atom stereocenters. The molecule has 1 aliphatic rings. The zero-order valence-corrected chi connectivity index (χ0v) is 22.1. The average Bonchev–Trinajstić information content (AvgIpc) is 3.20. The van der Waals surface area contributed by atoms with E-state index in [9.17, 15) is 4.79 Å². The molecule has 1 aromatic heterocycles. The molecule has 8 nitrogen and oxygen atoms in total. The van der Waals surface area contributed by atoms with Crippen molar-refractivity contribution >= 4 is 5.97 Å². The standard InChI is InChI=1S/C28H33NO7/c1-9-36-28(30)25-24(18-12-22(33-6)27(35-8)23(13-18)34-7)16(3)29-15(2)10-17-11-20(31-4)21(32-5)14-19(17)26(25)29/h11-15H,9-10H2,1-8H3. The van der Waals surface area contributed by atoms with Gasteiger partial charge in [-0.15, -0.1) is 0 Å². The zero-order chi connectivity index (χ0) is 26.1. The van der Waals surface area contributed by atoms with E-state index in [4.69, 9.17) is 28.4 Å². The summed E-state index contributed by atoms with van der Waals surface area (Å²) in [7, 11) is 7.93. The monoisotopic (exact) mass is 495 g/mol. The van der Waals surface area contributed by atoms with Crippen LogP contribution in [0.3, 0.4) is 0 Å². The number of fused-ring (bicyclic) bond motifs is 3. The molecule has 192 valence electrons. The van der Waals surface area contributed by atoms with Crippen molar-refractivity contribution in [3.8, 4) is 51.1 Å². The quantitative estimate of drug-likeness (QED) is 0.384. The van der Waals surface area contributed by atoms with Gasteiger partial charge in [-0.2, -0.15) is 0 Å². The van der Waals surface area contributed by atoms with Crippen molar-refractivity contribution in [2.45, 2.75) is 33.2 Å². The van der Waals surface area contributed by atoms with Crippen LogP contribution in [0.25, 0.3) is 22.4 Å². The summed E-state index contributed by atoms with van der Waals surface area (Å²) in [6, 6.07) is 7.74. The minimum absolute atomic E-state index is 0.0922. The van der Waals surface area contributed by atoms with Crippen molar-refractivity contribution in [2.24, 2.45) is 0 Å². The summed E-state index contributed by atoms with van der Waals surface area (Å²) >= 11 is 0. The van der Waals surface area contributed by atoms with Gasteiger partial charge in [-0.3, -0.25) is 0 Å². The summed E-state index contributed by atoms with van der Waals surface area (Å²) < 4.78 is 35.7. The van der Waals surface area contributed by atoms with E-state index in [0.29, 0.717) is 34.3 Å². The number of carbonyl (C=O) groups is 1. The van der Waals surface area contributed by atoms with Crippen LogP contribution in [0.2, 0.25) is 0 Å². The normalized spacial score (nSPS) is 13.9. The molecule has 0 aliphatic carbocycles. The molecule has 0 saturated carbocycles. The van der Waals surface area contributed by atoms with Crippen LogP contribution in [-0.2, 0) is 11.2 Å². The number of rotatable bonds is 8. The Morgan fingerprint density at radius 1 is 0.889 bits per heavy atom. The second-order valence-electron chi connectivity index (χ2n) is 8.61. The molecule has 1 aliphatic heterocycles. The molecule has 8 heteroatoms.